The Labute approximate surface area is 169 Å². The van der Waals surface area contributed by atoms with Crippen molar-refractivity contribution in [1.29, 1.82) is 0 Å². The summed E-state index contributed by atoms with van der Waals surface area (Å²) in [4.78, 5) is 23.4. The van der Waals surface area contributed by atoms with Crippen molar-refractivity contribution >= 4 is 17.7 Å². The van der Waals surface area contributed by atoms with Crippen molar-refractivity contribution in [3.8, 4) is 5.75 Å². The molecule has 4 rings (SSSR count). The summed E-state index contributed by atoms with van der Waals surface area (Å²) in [5, 5.41) is 22.5. The summed E-state index contributed by atoms with van der Waals surface area (Å²) in [6.07, 6.45) is 5.39. The third-order valence-electron chi connectivity index (χ3n) is 5.45. The molecule has 1 aromatic carbocycles. The molecule has 3 N–H and O–H groups in total. The first-order chi connectivity index (χ1) is 14.1. The fourth-order valence-electron chi connectivity index (χ4n) is 3.87. The summed E-state index contributed by atoms with van der Waals surface area (Å²) < 4.78 is 5.51. The number of aliphatic hydroxyl groups excluding tert-OH is 2. The van der Waals surface area contributed by atoms with E-state index in [1.807, 2.05) is 12.1 Å². The first kappa shape index (κ1) is 19.6. The number of nitrogens with one attached hydrogen (secondary N) is 1. The Bertz CT molecular complexity index is 868. The van der Waals surface area contributed by atoms with E-state index in [1.165, 1.54) is 4.90 Å². The largest absolute Gasteiger partial charge is 0.493 e. The highest BCUT2D eigenvalue weighted by molar-refractivity contribution is 6.05. The highest BCUT2D eigenvalue weighted by Gasteiger charge is 2.23. The third-order valence-corrected chi connectivity index (χ3v) is 5.45. The van der Waals surface area contributed by atoms with Crippen molar-refractivity contribution in [3.63, 3.8) is 0 Å². The lowest BCUT2D eigenvalue weighted by atomic mass is 9.93. The molecule has 1 saturated carbocycles. The molecule has 8 nitrogen and oxygen atoms in total. The molecule has 1 fully saturated rings. The second-order valence-corrected chi connectivity index (χ2v) is 7.49. The highest BCUT2D eigenvalue weighted by atomic mass is 16.5. The van der Waals surface area contributed by atoms with E-state index >= 15 is 0 Å². The summed E-state index contributed by atoms with van der Waals surface area (Å²) >= 11 is 0. The van der Waals surface area contributed by atoms with Crippen LogP contribution in [0.2, 0.25) is 0 Å². The van der Waals surface area contributed by atoms with Gasteiger partial charge in [0.25, 0.3) is 5.91 Å². The molecule has 2 aromatic rings. The van der Waals surface area contributed by atoms with Gasteiger partial charge in [-0.1, -0.05) is 0 Å². The summed E-state index contributed by atoms with van der Waals surface area (Å²) in [6.45, 7) is 0.595. The molecular weight excluding hydrogens is 372 g/mol. The molecule has 154 valence electrons. The quantitative estimate of drug-likeness (QED) is 0.680. The summed E-state index contributed by atoms with van der Waals surface area (Å²) in [7, 11) is 0. The summed E-state index contributed by atoms with van der Waals surface area (Å²) in [5.41, 5.74) is 1.56. The molecule has 0 saturated heterocycles. The smallest absolute Gasteiger partial charge is 0.259 e. The normalized spacial score (nSPS) is 20.6. The van der Waals surface area contributed by atoms with E-state index in [0.717, 1.165) is 43.4 Å². The number of benzene rings is 1. The minimum absolute atomic E-state index is 0.137. The molecule has 8 heteroatoms. The van der Waals surface area contributed by atoms with Crippen molar-refractivity contribution in [1.82, 2.24) is 9.97 Å². The number of carbonyl (C=O) groups is 1. The van der Waals surface area contributed by atoms with Crippen LogP contribution in [0.4, 0.5) is 11.8 Å². The van der Waals surface area contributed by atoms with Crippen molar-refractivity contribution < 1.29 is 19.7 Å². The molecule has 0 unspecified atom stereocenters. The fourth-order valence-corrected chi connectivity index (χ4v) is 3.87. The predicted molar refractivity (Wildman–Crippen MR) is 108 cm³/mol. The van der Waals surface area contributed by atoms with Gasteiger partial charge in [0.15, 0.2) is 0 Å². The lowest BCUT2D eigenvalue weighted by Crippen LogP contribution is -2.35. The van der Waals surface area contributed by atoms with Crippen LogP contribution in [-0.2, 0) is 6.42 Å². The first-order valence-electron chi connectivity index (χ1n) is 10.1. The van der Waals surface area contributed by atoms with Crippen molar-refractivity contribution in [2.75, 3.05) is 30.0 Å². The standard InChI is InChI=1S/C21H26N4O4/c26-11-10-25(20(28)15-1-6-18-14(13-15)8-12-29-18)19-7-9-22-21(24-19)23-16-2-4-17(27)5-3-16/h1,6-7,9,13,16-17,26-27H,2-5,8,10-12H2,(H,22,23,24). The van der Waals surface area contributed by atoms with Crippen LogP contribution in [-0.4, -0.2) is 58.0 Å². The van der Waals surface area contributed by atoms with Crippen LogP contribution < -0.4 is 15.0 Å². The van der Waals surface area contributed by atoms with Gasteiger partial charge in [-0.15, -0.1) is 0 Å². The van der Waals surface area contributed by atoms with Crippen LogP contribution in [0.3, 0.4) is 0 Å². The van der Waals surface area contributed by atoms with Gasteiger partial charge in [-0.2, -0.15) is 4.98 Å². The molecule has 1 amide bonds. The average molecular weight is 398 g/mol. The van der Waals surface area contributed by atoms with Crippen LogP contribution in [0.5, 0.6) is 5.75 Å². The van der Waals surface area contributed by atoms with E-state index in [2.05, 4.69) is 15.3 Å². The monoisotopic (exact) mass is 398 g/mol. The van der Waals surface area contributed by atoms with Crippen LogP contribution >= 0.6 is 0 Å². The zero-order valence-corrected chi connectivity index (χ0v) is 16.3. The maximum atomic E-state index is 13.1. The van der Waals surface area contributed by atoms with Gasteiger partial charge in [-0.3, -0.25) is 9.69 Å². The van der Waals surface area contributed by atoms with E-state index in [4.69, 9.17) is 4.74 Å². The Kier molecular flexibility index (Phi) is 5.92. The number of rotatable bonds is 6. The predicted octanol–water partition coefficient (Wildman–Crippen LogP) is 1.77. The SMILES string of the molecule is O=C(c1ccc2c(c1)CCO2)N(CCO)c1ccnc(NC2CCC(O)CC2)n1. The zero-order valence-electron chi connectivity index (χ0n) is 16.3. The average Bonchev–Trinajstić information content (AvgIpc) is 3.21. The lowest BCUT2D eigenvalue weighted by Gasteiger charge is -2.27. The summed E-state index contributed by atoms with van der Waals surface area (Å²) in [5.74, 6) is 1.48. The molecule has 0 spiro atoms. The van der Waals surface area contributed by atoms with Crippen molar-refractivity contribution in [3.05, 3.63) is 41.6 Å². The Morgan fingerprint density at radius 2 is 2.07 bits per heavy atom. The van der Waals surface area contributed by atoms with Gasteiger partial charge in [0, 0.05) is 24.2 Å². The number of carbonyl (C=O) groups excluding carboxylic acids is 1. The Balaban J connectivity index is 1.52. The summed E-state index contributed by atoms with van der Waals surface area (Å²) in [6, 6.07) is 7.27. The molecule has 0 bridgehead atoms. The van der Waals surface area contributed by atoms with Gasteiger partial charge in [0.2, 0.25) is 5.95 Å². The minimum atomic E-state index is -0.226. The number of nitrogens with zero attached hydrogens (tertiary/aromatic N) is 3. The van der Waals surface area contributed by atoms with Gasteiger partial charge in [0.1, 0.15) is 11.6 Å². The number of anilines is 2. The number of aliphatic hydroxyl groups is 2. The number of aromatic nitrogens is 2. The number of hydrogen-bond donors (Lipinski definition) is 3. The Morgan fingerprint density at radius 1 is 1.24 bits per heavy atom. The zero-order chi connectivity index (χ0) is 20.2. The molecular formula is C21H26N4O4. The van der Waals surface area contributed by atoms with Gasteiger partial charge in [0.05, 0.1) is 25.9 Å². The van der Waals surface area contributed by atoms with E-state index in [9.17, 15) is 15.0 Å². The van der Waals surface area contributed by atoms with Crippen molar-refractivity contribution in [2.24, 2.45) is 0 Å². The van der Waals surface area contributed by atoms with Crippen LogP contribution in [0, 0.1) is 0 Å². The van der Waals surface area contributed by atoms with E-state index in [0.29, 0.717) is 23.9 Å². The van der Waals surface area contributed by atoms with Gasteiger partial charge < -0.3 is 20.3 Å². The van der Waals surface area contributed by atoms with Crippen LogP contribution in [0.15, 0.2) is 30.5 Å². The Hall–Kier alpha value is -2.71. The van der Waals surface area contributed by atoms with Gasteiger partial charge >= 0.3 is 0 Å². The maximum Gasteiger partial charge on any atom is 0.259 e. The minimum Gasteiger partial charge on any atom is -0.493 e. The van der Waals surface area contributed by atoms with Crippen molar-refractivity contribution in [2.45, 2.75) is 44.2 Å². The van der Waals surface area contributed by atoms with E-state index in [1.54, 1.807) is 18.3 Å². The van der Waals surface area contributed by atoms with E-state index in [-0.39, 0.29) is 31.2 Å². The number of fused-ring (bicyclic) bond motifs is 1. The number of amides is 1. The number of hydrogen-bond acceptors (Lipinski definition) is 7. The highest BCUT2D eigenvalue weighted by Crippen LogP contribution is 2.27. The molecule has 1 aliphatic heterocycles. The second kappa shape index (κ2) is 8.75. The maximum absolute atomic E-state index is 13.1. The lowest BCUT2D eigenvalue weighted by molar-refractivity contribution is 0.0980. The first-order valence-corrected chi connectivity index (χ1v) is 10.1. The molecule has 2 aliphatic rings. The molecule has 2 heterocycles. The van der Waals surface area contributed by atoms with Crippen LogP contribution in [0.25, 0.3) is 0 Å². The second-order valence-electron chi connectivity index (χ2n) is 7.49. The molecule has 0 atom stereocenters. The molecule has 1 aromatic heterocycles. The molecule has 1 aliphatic carbocycles. The Morgan fingerprint density at radius 3 is 2.86 bits per heavy atom. The molecule has 0 radical (unpaired) electrons. The topological polar surface area (TPSA) is 108 Å². The molecule has 29 heavy (non-hydrogen) atoms. The van der Waals surface area contributed by atoms with Gasteiger partial charge in [-0.05, 0) is 55.5 Å². The van der Waals surface area contributed by atoms with Gasteiger partial charge in [-0.25, -0.2) is 4.98 Å². The third kappa shape index (κ3) is 4.49. The van der Waals surface area contributed by atoms with E-state index < -0.39 is 0 Å². The fraction of sp³-hybridized carbons (Fsp3) is 0.476. The number of ether oxygens (including phenoxy) is 1. The van der Waals surface area contributed by atoms with Crippen LogP contribution in [0.1, 0.15) is 41.6 Å².